The number of aryl methyl sites for hydroxylation is 1. The van der Waals surface area contributed by atoms with Crippen LogP contribution in [0.2, 0.25) is 0 Å². The SMILES string of the molecule is C[C@@H]1CCCN1CCCOC1=CCC(c2nn(C)c(=O)cc2-c2ccccc2)C=C1. The molecule has 1 saturated heterocycles. The lowest BCUT2D eigenvalue weighted by Crippen LogP contribution is -2.28. The van der Waals surface area contributed by atoms with Crippen LogP contribution in [-0.4, -0.2) is 40.4 Å². The topological polar surface area (TPSA) is 47.4 Å². The lowest BCUT2D eigenvalue weighted by atomic mass is 9.91. The number of likely N-dealkylation sites (tertiary alicyclic amines) is 1. The third kappa shape index (κ3) is 4.73. The zero-order valence-corrected chi connectivity index (χ0v) is 18.0. The van der Waals surface area contributed by atoms with Gasteiger partial charge in [-0.2, -0.15) is 5.10 Å². The summed E-state index contributed by atoms with van der Waals surface area (Å²) in [5, 5.41) is 4.60. The second-order valence-corrected chi connectivity index (χ2v) is 8.31. The average Bonchev–Trinajstić information content (AvgIpc) is 3.18. The Morgan fingerprint density at radius 3 is 2.77 bits per heavy atom. The van der Waals surface area contributed by atoms with Crippen molar-refractivity contribution < 1.29 is 4.74 Å². The van der Waals surface area contributed by atoms with Gasteiger partial charge in [0.1, 0.15) is 5.76 Å². The van der Waals surface area contributed by atoms with E-state index in [9.17, 15) is 4.79 Å². The molecule has 0 N–H and O–H groups in total. The first-order valence-electron chi connectivity index (χ1n) is 11.0. The van der Waals surface area contributed by atoms with Crippen molar-refractivity contribution in [1.82, 2.24) is 14.7 Å². The molecule has 1 aliphatic heterocycles. The molecular weight excluding hydrogens is 374 g/mol. The van der Waals surface area contributed by atoms with Gasteiger partial charge >= 0.3 is 0 Å². The van der Waals surface area contributed by atoms with Crippen molar-refractivity contribution in [3.63, 3.8) is 0 Å². The highest BCUT2D eigenvalue weighted by atomic mass is 16.5. The minimum absolute atomic E-state index is 0.0933. The molecule has 158 valence electrons. The summed E-state index contributed by atoms with van der Waals surface area (Å²) < 4.78 is 7.41. The van der Waals surface area contributed by atoms with Crippen molar-refractivity contribution in [2.45, 2.75) is 44.6 Å². The predicted molar refractivity (Wildman–Crippen MR) is 120 cm³/mol. The molecule has 5 heteroatoms. The minimum Gasteiger partial charge on any atom is -0.494 e. The standard InChI is InChI=1S/C25H31N3O2/c1-19-8-6-15-28(19)16-7-17-30-22-13-11-21(12-14-22)25-23(18-24(29)27(2)26-25)20-9-4-3-5-10-20/h3-5,9-11,13-14,18-19,21H,6-8,12,15-17H2,1-2H3/t19-,21?/m1/s1. The Kier molecular flexibility index (Phi) is 6.48. The molecule has 2 aromatic rings. The van der Waals surface area contributed by atoms with Crippen LogP contribution in [0.25, 0.3) is 11.1 Å². The maximum absolute atomic E-state index is 12.2. The predicted octanol–water partition coefficient (Wildman–Crippen LogP) is 4.27. The Morgan fingerprint density at radius 1 is 1.23 bits per heavy atom. The summed E-state index contributed by atoms with van der Waals surface area (Å²) in [5.41, 5.74) is 2.77. The number of nitrogens with zero attached hydrogens (tertiary/aromatic N) is 3. The summed E-state index contributed by atoms with van der Waals surface area (Å²) in [6.45, 7) is 5.40. The fourth-order valence-electron chi connectivity index (χ4n) is 4.37. The summed E-state index contributed by atoms with van der Waals surface area (Å²) in [4.78, 5) is 14.8. The summed E-state index contributed by atoms with van der Waals surface area (Å²) in [6.07, 6.45) is 10.9. The Balaban J connectivity index is 1.39. The molecule has 1 aromatic heterocycles. The molecule has 2 atom stereocenters. The van der Waals surface area contributed by atoms with Crippen molar-refractivity contribution >= 4 is 0 Å². The third-order valence-corrected chi connectivity index (χ3v) is 6.17. The summed E-state index contributed by atoms with van der Waals surface area (Å²) in [5.74, 6) is 1.07. The van der Waals surface area contributed by atoms with E-state index in [-0.39, 0.29) is 11.5 Å². The Labute approximate surface area is 178 Å². The molecule has 4 rings (SSSR count). The normalized spacial score (nSPS) is 21.6. The van der Waals surface area contributed by atoms with Crippen LogP contribution in [0, 0.1) is 0 Å². The van der Waals surface area contributed by atoms with Crippen molar-refractivity contribution in [3.05, 3.63) is 76.4 Å². The van der Waals surface area contributed by atoms with Gasteiger partial charge in [-0.05, 0) is 56.9 Å². The summed E-state index contributed by atoms with van der Waals surface area (Å²) in [6, 6.07) is 12.4. The Hall–Kier alpha value is -2.66. The van der Waals surface area contributed by atoms with E-state index in [1.807, 2.05) is 36.4 Å². The van der Waals surface area contributed by atoms with Gasteiger partial charge in [0.05, 0.1) is 12.3 Å². The van der Waals surface area contributed by atoms with Gasteiger partial charge in [-0.3, -0.25) is 4.79 Å². The van der Waals surface area contributed by atoms with Gasteiger partial charge < -0.3 is 9.64 Å². The van der Waals surface area contributed by atoms with Crippen LogP contribution in [-0.2, 0) is 11.8 Å². The number of aromatic nitrogens is 2. The quantitative estimate of drug-likeness (QED) is 0.646. The lowest BCUT2D eigenvalue weighted by Gasteiger charge is -2.22. The summed E-state index contributed by atoms with van der Waals surface area (Å²) >= 11 is 0. The van der Waals surface area contributed by atoms with Gasteiger partial charge in [-0.25, -0.2) is 4.68 Å². The fraction of sp³-hybridized carbons (Fsp3) is 0.440. The van der Waals surface area contributed by atoms with Gasteiger partial charge in [-0.15, -0.1) is 0 Å². The monoisotopic (exact) mass is 405 g/mol. The minimum atomic E-state index is -0.0933. The first-order valence-corrected chi connectivity index (χ1v) is 11.0. The van der Waals surface area contributed by atoms with Gasteiger partial charge in [-0.1, -0.05) is 36.4 Å². The molecule has 0 amide bonds. The molecule has 1 aromatic carbocycles. The van der Waals surface area contributed by atoms with E-state index in [0.717, 1.165) is 48.6 Å². The molecule has 5 nitrogen and oxygen atoms in total. The molecule has 0 bridgehead atoms. The van der Waals surface area contributed by atoms with Crippen LogP contribution < -0.4 is 5.56 Å². The number of hydrogen-bond donors (Lipinski definition) is 0. The lowest BCUT2D eigenvalue weighted by molar-refractivity contribution is 0.186. The number of allylic oxidation sites excluding steroid dienone is 3. The van der Waals surface area contributed by atoms with Gasteiger partial charge in [0.2, 0.25) is 0 Å². The van der Waals surface area contributed by atoms with E-state index >= 15 is 0 Å². The van der Waals surface area contributed by atoms with Crippen LogP contribution in [0.3, 0.4) is 0 Å². The zero-order valence-electron chi connectivity index (χ0n) is 18.0. The molecule has 1 aliphatic carbocycles. The van der Waals surface area contributed by atoms with Crippen molar-refractivity contribution in [2.75, 3.05) is 19.7 Å². The zero-order chi connectivity index (χ0) is 20.9. The van der Waals surface area contributed by atoms with Crippen LogP contribution in [0.4, 0.5) is 0 Å². The number of rotatable bonds is 7. The third-order valence-electron chi connectivity index (χ3n) is 6.17. The van der Waals surface area contributed by atoms with Crippen molar-refractivity contribution in [2.24, 2.45) is 7.05 Å². The van der Waals surface area contributed by atoms with Gasteiger partial charge in [0.15, 0.2) is 0 Å². The van der Waals surface area contributed by atoms with Gasteiger partial charge in [0, 0.05) is 37.2 Å². The highest BCUT2D eigenvalue weighted by Crippen LogP contribution is 2.32. The maximum atomic E-state index is 12.2. The van der Waals surface area contributed by atoms with E-state index in [2.05, 4.69) is 29.1 Å². The Bertz CT molecular complexity index is 978. The van der Waals surface area contributed by atoms with Gasteiger partial charge in [0.25, 0.3) is 5.56 Å². The Morgan fingerprint density at radius 2 is 2.07 bits per heavy atom. The smallest absolute Gasteiger partial charge is 0.267 e. The molecule has 0 saturated carbocycles. The first-order chi connectivity index (χ1) is 14.6. The summed E-state index contributed by atoms with van der Waals surface area (Å²) in [7, 11) is 1.71. The largest absolute Gasteiger partial charge is 0.494 e. The van der Waals surface area contributed by atoms with Crippen molar-refractivity contribution in [1.29, 1.82) is 0 Å². The number of ether oxygens (including phenoxy) is 1. The molecule has 2 aliphatic rings. The van der Waals surface area contributed by atoms with E-state index in [1.54, 1.807) is 13.1 Å². The number of benzene rings is 1. The van der Waals surface area contributed by atoms with Crippen molar-refractivity contribution in [3.8, 4) is 11.1 Å². The molecule has 1 fully saturated rings. The van der Waals surface area contributed by atoms with E-state index in [4.69, 9.17) is 4.74 Å². The second-order valence-electron chi connectivity index (χ2n) is 8.31. The van der Waals surface area contributed by atoms with Crippen LogP contribution in [0.1, 0.15) is 44.2 Å². The van der Waals surface area contributed by atoms with Crippen LogP contribution >= 0.6 is 0 Å². The number of hydrogen-bond acceptors (Lipinski definition) is 4. The first kappa shape index (κ1) is 20.6. The van der Waals surface area contributed by atoms with Crippen LogP contribution in [0.5, 0.6) is 0 Å². The highest BCUT2D eigenvalue weighted by Gasteiger charge is 2.21. The van der Waals surface area contributed by atoms with E-state index in [0.29, 0.717) is 6.04 Å². The molecule has 2 heterocycles. The second kappa shape index (κ2) is 9.43. The molecular formula is C25H31N3O2. The van der Waals surface area contributed by atoms with E-state index in [1.165, 1.54) is 24.1 Å². The molecule has 0 spiro atoms. The molecule has 0 radical (unpaired) electrons. The van der Waals surface area contributed by atoms with E-state index < -0.39 is 0 Å². The van der Waals surface area contributed by atoms with Crippen LogP contribution in [0.15, 0.2) is 65.2 Å². The fourth-order valence-corrected chi connectivity index (χ4v) is 4.37. The maximum Gasteiger partial charge on any atom is 0.267 e. The molecule has 30 heavy (non-hydrogen) atoms. The average molecular weight is 406 g/mol. The highest BCUT2D eigenvalue weighted by molar-refractivity contribution is 5.66. The molecule has 1 unspecified atom stereocenters.